The SMILES string of the molecule is COC(=O)Cc1c(-c2ccc(Cl)c(S(=O)(=O)NCCc3ccccc3)c2)[nH]c2ccccc12. The number of nitrogens with one attached hydrogen (secondary N) is 2. The van der Waals surface area contributed by atoms with E-state index in [-0.39, 0.29) is 28.9 Å². The molecule has 0 aliphatic carbocycles. The first-order valence-corrected chi connectivity index (χ1v) is 12.2. The number of para-hydroxylation sites is 1. The van der Waals surface area contributed by atoms with Crippen molar-refractivity contribution in [3.8, 4) is 11.3 Å². The number of carbonyl (C=O) groups is 1. The van der Waals surface area contributed by atoms with E-state index in [2.05, 4.69) is 9.71 Å². The summed E-state index contributed by atoms with van der Waals surface area (Å²) < 4.78 is 33.5. The van der Waals surface area contributed by atoms with Crippen LogP contribution < -0.4 is 4.72 Å². The van der Waals surface area contributed by atoms with E-state index in [9.17, 15) is 13.2 Å². The van der Waals surface area contributed by atoms with Crippen molar-refractivity contribution in [1.82, 2.24) is 9.71 Å². The predicted octanol–water partition coefficient (Wildman–Crippen LogP) is 4.72. The van der Waals surface area contributed by atoms with Crippen LogP contribution in [0, 0.1) is 0 Å². The van der Waals surface area contributed by atoms with Crippen LogP contribution in [0.3, 0.4) is 0 Å². The van der Waals surface area contributed by atoms with Crippen molar-refractivity contribution in [2.24, 2.45) is 0 Å². The molecule has 33 heavy (non-hydrogen) atoms. The minimum Gasteiger partial charge on any atom is -0.469 e. The van der Waals surface area contributed by atoms with Gasteiger partial charge in [-0.15, -0.1) is 0 Å². The summed E-state index contributed by atoms with van der Waals surface area (Å²) in [4.78, 5) is 15.3. The zero-order valence-electron chi connectivity index (χ0n) is 18.0. The van der Waals surface area contributed by atoms with Gasteiger partial charge in [-0.25, -0.2) is 13.1 Å². The molecule has 3 aromatic carbocycles. The zero-order chi connectivity index (χ0) is 23.4. The van der Waals surface area contributed by atoms with E-state index < -0.39 is 10.0 Å². The first-order valence-electron chi connectivity index (χ1n) is 10.4. The fourth-order valence-corrected chi connectivity index (χ4v) is 5.32. The highest BCUT2D eigenvalue weighted by Crippen LogP contribution is 2.34. The molecule has 6 nitrogen and oxygen atoms in total. The number of halogens is 1. The second kappa shape index (κ2) is 9.79. The quantitative estimate of drug-likeness (QED) is 0.355. The van der Waals surface area contributed by atoms with Gasteiger partial charge in [0.05, 0.1) is 24.2 Å². The maximum Gasteiger partial charge on any atom is 0.310 e. The molecule has 0 saturated heterocycles. The minimum absolute atomic E-state index is 0.0163. The lowest BCUT2D eigenvalue weighted by molar-refractivity contribution is -0.139. The number of ether oxygens (including phenoxy) is 1. The van der Waals surface area contributed by atoms with Crippen molar-refractivity contribution in [2.75, 3.05) is 13.7 Å². The number of esters is 1. The summed E-state index contributed by atoms with van der Waals surface area (Å²) in [7, 11) is -2.51. The predicted molar refractivity (Wildman–Crippen MR) is 130 cm³/mol. The molecule has 0 radical (unpaired) electrons. The van der Waals surface area contributed by atoms with Crippen molar-refractivity contribution in [3.63, 3.8) is 0 Å². The topological polar surface area (TPSA) is 88.3 Å². The summed E-state index contributed by atoms with van der Waals surface area (Å²) >= 11 is 6.29. The molecule has 0 aliphatic heterocycles. The van der Waals surface area contributed by atoms with Gasteiger partial charge in [0, 0.05) is 17.4 Å². The van der Waals surface area contributed by atoms with Crippen molar-refractivity contribution in [2.45, 2.75) is 17.7 Å². The Bertz CT molecular complexity index is 1400. The third-order valence-electron chi connectivity index (χ3n) is 5.42. The van der Waals surface area contributed by atoms with Gasteiger partial charge >= 0.3 is 5.97 Å². The first kappa shape index (κ1) is 23.0. The molecule has 1 aromatic heterocycles. The van der Waals surface area contributed by atoms with Gasteiger partial charge in [0.25, 0.3) is 0 Å². The third kappa shape index (κ3) is 5.11. The Labute approximate surface area is 197 Å². The van der Waals surface area contributed by atoms with Gasteiger partial charge in [0.15, 0.2) is 0 Å². The van der Waals surface area contributed by atoms with E-state index in [4.69, 9.17) is 16.3 Å². The Balaban J connectivity index is 1.68. The molecule has 0 fully saturated rings. The number of methoxy groups -OCH3 is 1. The highest BCUT2D eigenvalue weighted by molar-refractivity contribution is 7.89. The molecule has 0 bridgehead atoms. The zero-order valence-corrected chi connectivity index (χ0v) is 19.5. The maximum atomic E-state index is 13.0. The summed E-state index contributed by atoms with van der Waals surface area (Å²) in [6, 6.07) is 22.0. The highest BCUT2D eigenvalue weighted by atomic mass is 35.5. The van der Waals surface area contributed by atoms with Crippen molar-refractivity contribution >= 4 is 38.5 Å². The molecule has 8 heteroatoms. The van der Waals surface area contributed by atoms with Crippen LogP contribution >= 0.6 is 11.6 Å². The summed E-state index contributed by atoms with van der Waals surface area (Å²) in [5, 5.41) is 0.995. The Kier molecular flexibility index (Phi) is 6.83. The van der Waals surface area contributed by atoms with Crippen LogP contribution in [0.25, 0.3) is 22.2 Å². The number of benzene rings is 3. The second-order valence-corrected chi connectivity index (χ2v) is 9.70. The first-order chi connectivity index (χ1) is 15.9. The van der Waals surface area contributed by atoms with Crippen LogP contribution in [-0.4, -0.2) is 33.0 Å². The maximum absolute atomic E-state index is 13.0. The monoisotopic (exact) mass is 482 g/mol. The molecule has 2 N–H and O–H groups in total. The molecule has 0 amide bonds. The molecule has 0 atom stereocenters. The number of carbonyl (C=O) groups excluding carboxylic acids is 1. The van der Waals surface area contributed by atoms with Crippen LogP contribution in [0.2, 0.25) is 5.02 Å². The molecule has 0 unspecified atom stereocenters. The van der Waals surface area contributed by atoms with E-state index in [0.717, 1.165) is 22.0 Å². The van der Waals surface area contributed by atoms with Gasteiger partial charge in [0.1, 0.15) is 4.90 Å². The summed E-state index contributed by atoms with van der Waals surface area (Å²) in [5.74, 6) is -0.384. The molecular weight excluding hydrogens is 460 g/mol. The second-order valence-electron chi connectivity index (χ2n) is 7.56. The molecule has 0 aliphatic rings. The normalized spacial score (nSPS) is 11.6. The molecular formula is C25H23ClN2O4S. The molecule has 170 valence electrons. The number of sulfonamides is 1. The van der Waals surface area contributed by atoms with Crippen LogP contribution in [0.4, 0.5) is 0 Å². The average Bonchev–Trinajstić information content (AvgIpc) is 3.18. The summed E-state index contributed by atoms with van der Waals surface area (Å²) in [5.41, 5.74) is 3.87. The van der Waals surface area contributed by atoms with E-state index in [1.54, 1.807) is 12.1 Å². The number of fused-ring (bicyclic) bond motifs is 1. The molecule has 0 saturated carbocycles. The number of hydrogen-bond acceptors (Lipinski definition) is 4. The number of rotatable bonds is 8. The lowest BCUT2D eigenvalue weighted by Gasteiger charge is -2.11. The number of hydrogen-bond donors (Lipinski definition) is 2. The summed E-state index contributed by atoms with van der Waals surface area (Å²) in [6.07, 6.45) is 0.610. The molecule has 4 rings (SSSR count). The van der Waals surface area contributed by atoms with Crippen molar-refractivity contribution in [3.05, 3.63) is 88.9 Å². The summed E-state index contributed by atoms with van der Waals surface area (Å²) in [6.45, 7) is 0.243. The van der Waals surface area contributed by atoms with Crippen molar-refractivity contribution < 1.29 is 17.9 Å². The van der Waals surface area contributed by atoms with Crippen LogP contribution in [0.1, 0.15) is 11.1 Å². The molecule has 1 heterocycles. The van der Waals surface area contributed by atoms with Gasteiger partial charge in [-0.2, -0.15) is 0 Å². The van der Waals surface area contributed by atoms with E-state index >= 15 is 0 Å². The van der Waals surface area contributed by atoms with Gasteiger partial charge < -0.3 is 9.72 Å². The smallest absolute Gasteiger partial charge is 0.310 e. The Morgan fingerprint density at radius 1 is 1.03 bits per heavy atom. The Morgan fingerprint density at radius 2 is 1.76 bits per heavy atom. The average molecular weight is 483 g/mol. The van der Waals surface area contributed by atoms with E-state index in [0.29, 0.717) is 17.7 Å². The molecule has 0 spiro atoms. The number of aromatic amines is 1. The Hall–Kier alpha value is -3.13. The van der Waals surface area contributed by atoms with Crippen LogP contribution in [0.5, 0.6) is 0 Å². The third-order valence-corrected chi connectivity index (χ3v) is 7.36. The number of aromatic nitrogens is 1. The van der Waals surface area contributed by atoms with E-state index in [1.165, 1.54) is 13.2 Å². The van der Waals surface area contributed by atoms with Gasteiger partial charge in [-0.05, 0) is 41.3 Å². The fraction of sp³-hybridized carbons (Fsp3) is 0.160. The number of H-pyrrole nitrogens is 1. The van der Waals surface area contributed by atoms with Gasteiger partial charge in [0.2, 0.25) is 10.0 Å². The lowest BCUT2D eigenvalue weighted by atomic mass is 10.0. The van der Waals surface area contributed by atoms with Gasteiger partial charge in [-0.1, -0.05) is 66.2 Å². The van der Waals surface area contributed by atoms with Crippen molar-refractivity contribution in [1.29, 1.82) is 0 Å². The Morgan fingerprint density at radius 3 is 2.52 bits per heavy atom. The fourth-order valence-electron chi connectivity index (χ4n) is 3.76. The minimum atomic E-state index is -3.85. The largest absolute Gasteiger partial charge is 0.469 e. The highest BCUT2D eigenvalue weighted by Gasteiger charge is 2.21. The van der Waals surface area contributed by atoms with Crippen LogP contribution in [-0.2, 0) is 32.4 Å². The van der Waals surface area contributed by atoms with Gasteiger partial charge in [-0.3, -0.25) is 4.79 Å². The molecule has 4 aromatic rings. The van der Waals surface area contributed by atoms with E-state index in [1.807, 2.05) is 54.6 Å². The standard InChI is InChI=1S/C25H23ClN2O4S/c1-32-24(29)16-20-19-9-5-6-10-22(19)28-25(20)18-11-12-21(26)23(15-18)33(30,31)27-14-13-17-7-3-2-4-8-17/h2-12,15,27-28H,13-14,16H2,1H3. The van der Waals surface area contributed by atoms with Crippen LogP contribution in [0.15, 0.2) is 77.7 Å². The lowest BCUT2D eigenvalue weighted by Crippen LogP contribution is -2.26.